The van der Waals surface area contributed by atoms with Gasteiger partial charge in [0.25, 0.3) is 0 Å². The first-order chi connectivity index (χ1) is 7.68. The lowest BCUT2D eigenvalue weighted by Crippen LogP contribution is -2.22. The van der Waals surface area contributed by atoms with Gasteiger partial charge in [0.05, 0.1) is 11.4 Å². The van der Waals surface area contributed by atoms with E-state index in [0.717, 1.165) is 16.3 Å². The van der Waals surface area contributed by atoms with E-state index in [2.05, 4.69) is 14.7 Å². The van der Waals surface area contributed by atoms with Gasteiger partial charge in [-0.2, -0.15) is 0 Å². The molecule has 0 saturated carbocycles. The summed E-state index contributed by atoms with van der Waals surface area (Å²) < 4.78 is 2.07. The minimum atomic E-state index is -0.279. The molecule has 2 heterocycles. The minimum Gasteiger partial charge on any atom is -0.370 e. The van der Waals surface area contributed by atoms with Gasteiger partial charge in [-0.3, -0.25) is 9.20 Å². The van der Waals surface area contributed by atoms with Crippen LogP contribution >= 0.6 is 11.3 Å². The van der Waals surface area contributed by atoms with Crippen LogP contribution in [-0.4, -0.2) is 21.8 Å². The molecule has 2 aromatic rings. The number of amides is 1. The van der Waals surface area contributed by atoms with E-state index in [4.69, 9.17) is 5.73 Å². The van der Waals surface area contributed by atoms with Crippen LogP contribution in [0.1, 0.15) is 17.8 Å². The van der Waals surface area contributed by atoms with Crippen molar-refractivity contribution in [3.8, 4) is 0 Å². The summed E-state index contributed by atoms with van der Waals surface area (Å²) in [5.41, 5.74) is 7.23. The van der Waals surface area contributed by atoms with Crippen molar-refractivity contribution >= 4 is 22.2 Å². The first-order valence-electron chi connectivity index (χ1n) is 5.08. The number of nitrogens with one attached hydrogen (secondary N) is 1. The molecule has 1 amide bonds. The maximum Gasteiger partial charge on any atom is 0.218 e. The van der Waals surface area contributed by atoms with Gasteiger partial charge in [-0.05, 0) is 6.92 Å². The number of primary amides is 1. The second kappa shape index (κ2) is 4.63. The van der Waals surface area contributed by atoms with E-state index < -0.39 is 0 Å². The average Bonchev–Trinajstić information content (AvgIpc) is 2.74. The highest BCUT2D eigenvalue weighted by atomic mass is 32.1. The van der Waals surface area contributed by atoms with Crippen molar-refractivity contribution in [1.82, 2.24) is 14.7 Å². The van der Waals surface area contributed by atoms with Crippen molar-refractivity contribution in [2.75, 3.05) is 6.54 Å². The molecule has 0 fully saturated rings. The van der Waals surface area contributed by atoms with Gasteiger partial charge >= 0.3 is 0 Å². The molecule has 0 aliphatic rings. The fraction of sp³-hybridized carbons (Fsp3) is 0.400. The third-order valence-electron chi connectivity index (χ3n) is 2.40. The van der Waals surface area contributed by atoms with Crippen molar-refractivity contribution in [2.24, 2.45) is 5.73 Å². The fourth-order valence-corrected chi connectivity index (χ4v) is 2.35. The third kappa shape index (κ3) is 2.23. The summed E-state index contributed by atoms with van der Waals surface area (Å²) in [6.07, 6.45) is 2.37. The van der Waals surface area contributed by atoms with Crippen LogP contribution in [0.15, 0.2) is 11.6 Å². The van der Waals surface area contributed by atoms with E-state index in [-0.39, 0.29) is 5.91 Å². The number of imidazole rings is 1. The highest BCUT2D eigenvalue weighted by Gasteiger charge is 2.08. The second-order valence-corrected chi connectivity index (χ2v) is 4.47. The summed E-state index contributed by atoms with van der Waals surface area (Å²) in [5.74, 6) is -0.279. The third-order valence-corrected chi connectivity index (χ3v) is 3.16. The van der Waals surface area contributed by atoms with Crippen molar-refractivity contribution < 1.29 is 4.79 Å². The number of rotatable bonds is 5. The van der Waals surface area contributed by atoms with Crippen LogP contribution in [0.5, 0.6) is 0 Å². The SMILES string of the molecule is Cc1nc2sccn2c1CNCCC(N)=O. The summed E-state index contributed by atoms with van der Waals surface area (Å²) in [4.78, 5) is 16.0. The summed E-state index contributed by atoms with van der Waals surface area (Å²) in [6, 6.07) is 0. The summed E-state index contributed by atoms with van der Waals surface area (Å²) in [7, 11) is 0. The largest absolute Gasteiger partial charge is 0.370 e. The molecule has 5 nitrogen and oxygen atoms in total. The Morgan fingerprint density at radius 2 is 2.50 bits per heavy atom. The number of nitrogens with zero attached hydrogens (tertiary/aromatic N) is 2. The van der Waals surface area contributed by atoms with Gasteiger partial charge in [-0.25, -0.2) is 4.98 Å². The molecular weight excluding hydrogens is 224 g/mol. The van der Waals surface area contributed by atoms with Gasteiger partial charge < -0.3 is 11.1 Å². The van der Waals surface area contributed by atoms with Crippen molar-refractivity contribution in [3.05, 3.63) is 23.0 Å². The number of carbonyl (C=O) groups excluding carboxylic acids is 1. The lowest BCUT2D eigenvalue weighted by molar-refractivity contribution is -0.117. The maximum atomic E-state index is 10.6. The number of hydrogen-bond donors (Lipinski definition) is 2. The van der Waals surface area contributed by atoms with Crippen LogP contribution in [0.4, 0.5) is 0 Å². The van der Waals surface area contributed by atoms with Gasteiger partial charge in [0.2, 0.25) is 5.91 Å². The Labute approximate surface area is 97.3 Å². The number of hydrogen-bond acceptors (Lipinski definition) is 4. The molecule has 2 rings (SSSR count). The Morgan fingerprint density at radius 3 is 3.25 bits per heavy atom. The molecule has 16 heavy (non-hydrogen) atoms. The molecule has 0 saturated heterocycles. The Hall–Kier alpha value is -1.40. The maximum absolute atomic E-state index is 10.6. The molecule has 0 aliphatic heterocycles. The molecule has 3 N–H and O–H groups in total. The fourth-order valence-electron chi connectivity index (χ4n) is 1.57. The molecule has 0 bridgehead atoms. The molecule has 0 aliphatic carbocycles. The second-order valence-electron chi connectivity index (χ2n) is 3.59. The quantitative estimate of drug-likeness (QED) is 0.752. The van der Waals surface area contributed by atoms with Crippen LogP contribution in [0.25, 0.3) is 4.96 Å². The van der Waals surface area contributed by atoms with E-state index in [1.165, 1.54) is 0 Å². The lowest BCUT2D eigenvalue weighted by Gasteiger charge is -2.03. The lowest BCUT2D eigenvalue weighted by atomic mass is 10.3. The minimum absolute atomic E-state index is 0.279. The number of aromatic nitrogens is 2. The molecular formula is C10H14N4OS. The van der Waals surface area contributed by atoms with Gasteiger partial charge in [-0.15, -0.1) is 11.3 Å². The topological polar surface area (TPSA) is 72.4 Å². The van der Waals surface area contributed by atoms with Crippen molar-refractivity contribution in [2.45, 2.75) is 19.9 Å². The zero-order chi connectivity index (χ0) is 11.5. The highest BCUT2D eigenvalue weighted by molar-refractivity contribution is 7.15. The van der Waals surface area contributed by atoms with Crippen LogP contribution < -0.4 is 11.1 Å². The number of aryl methyl sites for hydroxylation is 1. The molecule has 0 radical (unpaired) electrons. The Bertz CT molecular complexity index is 502. The standard InChI is InChI=1S/C10H14N4OS/c1-7-8(6-12-3-2-9(11)15)14-4-5-16-10(14)13-7/h4-5,12H,2-3,6H2,1H3,(H2,11,15). The van der Waals surface area contributed by atoms with E-state index in [9.17, 15) is 4.79 Å². The zero-order valence-corrected chi connectivity index (χ0v) is 9.88. The van der Waals surface area contributed by atoms with E-state index in [1.807, 2.05) is 18.5 Å². The van der Waals surface area contributed by atoms with Gasteiger partial charge in [0.15, 0.2) is 4.96 Å². The van der Waals surface area contributed by atoms with E-state index >= 15 is 0 Å². The molecule has 2 aromatic heterocycles. The molecule has 0 atom stereocenters. The summed E-state index contributed by atoms with van der Waals surface area (Å²) in [5, 5.41) is 5.19. The normalized spacial score (nSPS) is 11.1. The first kappa shape index (κ1) is 11.1. The van der Waals surface area contributed by atoms with Crippen LogP contribution in [-0.2, 0) is 11.3 Å². The van der Waals surface area contributed by atoms with Gasteiger partial charge in [0.1, 0.15) is 0 Å². The van der Waals surface area contributed by atoms with Crippen molar-refractivity contribution in [1.29, 1.82) is 0 Å². The van der Waals surface area contributed by atoms with Gasteiger partial charge in [-0.1, -0.05) is 0 Å². The highest BCUT2D eigenvalue weighted by Crippen LogP contribution is 2.16. The monoisotopic (exact) mass is 238 g/mol. The van der Waals surface area contributed by atoms with Crippen LogP contribution in [0.3, 0.4) is 0 Å². The number of thiazole rings is 1. The number of carbonyl (C=O) groups is 1. The predicted molar refractivity (Wildman–Crippen MR) is 63.3 cm³/mol. The van der Waals surface area contributed by atoms with Crippen LogP contribution in [0.2, 0.25) is 0 Å². The molecule has 0 spiro atoms. The molecule has 6 heteroatoms. The zero-order valence-electron chi connectivity index (χ0n) is 9.06. The first-order valence-corrected chi connectivity index (χ1v) is 5.96. The Kier molecular flexibility index (Phi) is 3.21. The average molecular weight is 238 g/mol. The van der Waals surface area contributed by atoms with Crippen LogP contribution in [0, 0.1) is 6.92 Å². The summed E-state index contributed by atoms with van der Waals surface area (Å²) >= 11 is 1.62. The number of fused-ring (bicyclic) bond motifs is 1. The smallest absolute Gasteiger partial charge is 0.218 e. The number of nitrogens with two attached hydrogens (primary N) is 1. The molecule has 0 unspecified atom stereocenters. The Morgan fingerprint density at radius 1 is 1.69 bits per heavy atom. The Balaban J connectivity index is 2.00. The van der Waals surface area contributed by atoms with E-state index in [0.29, 0.717) is 19.5 Å². The molecule has 86 valence electrons. The van der Waals surface area contributed by atoms with E-state index in [1.54, 1.807) is 11.3 Å². The van der Waals surface area contributed by atoms with Gasteiger partial charge in [0, 0.05) is 31.1 Å². The summed E-state index contributed by atoms with van der Waals surface area (Å²) in [6.45, 7) is 3.30. The van der Waals surface area contributed by atoms with Crippen molar-refractivity contribution in [3.63, 3.8) is 0 Å². The predicted octanol–water partition coefficient (Wildman–Crippen LogP) is 0.669. The molecule has 0 aromatic carbocycles.